The number of guanidine groups is 1. The first-order chi connectivity index (χ1) is 6.59. The summed E-state index contributed by atoms with van der Waals surface area (Å²) in [5.74, 6) is -1.13. The normalized spacial score (nSPS) is 24.6. The summed E-state index contributed by atoms with van der Waals surface area (Å²) in [4.78, 5) is 20.7. The SMILES string of the molecule is O=C(O)[C@@H]1CCCN/C(=N\[N+](=O)[O-])N1. The Morgan fingerprint density at radius 1 is 1.71 bits per heavy atom. The number of rotatable bonds is 2. The maximum absolute atomic E-state index is 10.6. The number of aliphatic carboxylic acids is 1. The minimum atomic E-state index is -1.04. The summed E-state index contributed by atoms with van der Waals surface area (Å²) in [5.41, 5.74) is 0. The molecule has 1 atom stereocenters. The molecule has 1 saturated heterocycles. The number of nitrogens with zero attached hydrogens (tertiary/aromatic N) is 2. The number of hydrogen-bond donors (Lipinski definition) is 3. The van der Waals surface area contributed by atoms with E-state index in [2.05, 4.69) is 15.7 Å². The van der Waals surface area contributed by atoms with Gasteiger partial charge in [0, 0.05) is 6.54 Å². The number of nitro groups is 1. The van der Waals surface area contributed by atoms with Crippen LogP contribution in [0, 0.1) is 10.1 Å². The Labute approximate surface area is 79.1 Å². The molecule has 0 bridgehead atoms. The summed E-state index contributed by atoms with van der Waals surface area (Å²) in [7, 11) is 0. The summed E-state index contributed by atoms with van der Waals surface area (Å²) >= 11 is 0. The van der Waals surface area contributed by atoms with E-state index in [1.807, 2.05) is 0 Å². The van der Waals surface area contributed by atoms with Crippen molar-refractivity contribution in [1.29, 1.82) is 0 Å². The Morgan fingerprint density at radius 2 is 2.43 bits per heavy atom. The maximum atomic E-state index is 10.6. The molecule has 1 rings (SSSR count). The zero-order valence-electron chi connectivity index (χ0n) is 7.27. The van der Waals surface area contributed by atoms with Crippen LogP contribution in [0.3, 0.4) is 0 Å². The van der Waals surface area contributed by atoms with Crippen LogP contribution >= 0.6 is 0 Å². The number of carbonyl (C=O) groups is 1. The fraction of sp³-hybridized carbons (Fsp3) is 0.667. The van der Waals surface area contributed by atoms with Gasteiger partial charge >= 0.3 is 5.97 Å². The molecule has 0 radical (unpaired) electrons. The zero-order valence-corrected chi connectivity index (χ0v) is 7.27. The molecular weight excluding hydrogens is 192 g/mol. The van der Waals surface area contributed by atoms with E-state index in [9.17, 15) is 14.9 Å². The summed E-state index contributed by atoms with van der Waals surface area (Å²) < 4.78 is 0. The average molecular weight is 202 g/mol. The van der Waals surface area contributed by atoms with Crippen LogP contribution in [0.5, 0.6) is 0 Å². The van der Waals surface area contributed by atoms with Crippen LogP contribution in [0.1, 0.15) is 12.8 Å². The van der Waals surface area contributed by atoms with Crippen molar-refractivity contribution >= 4 is 11.9 Å². The largest absolute Gasteiger partial charge is 0.480 e. The molecule has 0 aromatic carbocycles. The Morgan fingerprint density at radius 3 is 3.00 bits per heavy atom. The number of hydrazone groups is 1. The number of carboxylic acid groups (broad SMARTS) is 1. The molecule has 0 aliphatic carbocycles. The Balaban J connectivity index is 2.69. The van der Waals surface area contributed by atoms with Crippen molar-refractivity contribution in [1.82, 2.24) is 10.6 Å². The summed E-state index contributed by atoms with van der Waals surface area (Å²) in [6, 6.07) is -0.816. The van der Waals surface area contributed by atoms with E-state index in [-0.39, 0.29) is 5.96 Å². The number of carboxylic acids is 1. The van der Waals surface area contributed by atoms with Crippen molar-refractivity contribution in [3.8, 4) is 0 Å². The van der Waals surface area contributed by atoms with Gasteiger partial charge in [-0.05, 0) is 12.8 Å². The standard InChI is InChI=1S/C6H10N4O4/c11-5(12)4-2-1-3-7-6(8-4)9-10(13)14/h4H,1-3H2,(H,11,12)(H2,7,8,9)/t4-/m0/s1. The lowest BCUT2D eigenvalue weighted by Gasteiger charge is -2.09. The summed E-state index contributed by atoms with van der Waals surface area (Å²) in [6.45, 7) is 0.476. The van der Waals surface area contributed by atoms with Crippen LogP contribution in [0.25, 0.3) is 0 Å². The van der Waals surface area contributed by atoms with Crippen molar-refractivity contribution in [3.05, 3.63) is 10.1 Å². The van der Waals surface area contributed by atoms with Crippen LogP contribution in [-0.4, -0.2) is 34.7 Å². The minimum absolute atomic E-state index is 0.0973. The van der Waals surface area contributed by atoms with Crippen LogP contribution in [0.2, 0.25) is 0 Å². The second-order valence-corrected chi connectivity index (χ2v) is 2.79. The van der Waals surface area contributed by atoms with E-state index in [4.69, 9.17) is 5.11 Å². The van der Waals surface area contributed by atoms with E-state index >= 15 is 0 Å². The first-order valence-corrected chi connectivity index (χ1v) is 4.06. The van der Waals surface area contributed by atoms with Gasteiger partial charge in [0.1, 0.15) is 11.1 Å². The highest BCUT2D eigenvalue weighted by Crippen LogP contribution is 2.00. The molecule has 78 valence electrons. The van der Waals surface area contributed by atoms with E-state index in [0.717, 1.165) is 0 Å². The first kappa shape index (κ1) is 10.2. The molecule has 0 unspecified atom stereocenters. The number of nitrogens with one attached hydrogen (secondary N) is 2. The fourth-order valence-corrected chi connectivity index (χ4v) is 1.13. The predicted octanol–water partition coefficient (Wildman–Crippen LogP) is -1.04. The molecule has 1 aliphatic rings. The van der Waals surface area contributed by atoms with E-state index < -0.39 is 17.0 Å². The van der Waals surface area contributed by atoms with E-state index in [0.29, 0.717) is 19.4 Å². The monoisotopic (exact) mass is 202 g/mol. The molecule has 0 spiro atoms. The highest BCUT2D eigenvalue weighted by molar-refractivity contribution is 5.85. The quantitative estimate of drug-likeness (QED) is 0.389. The lowest BCUT2D eigenvalue weighted by Crippen LogP contribution is -2.44. The van der Waals surface area contributed by atoms with Gasteiger partial charge in [-0.3, -0.25) is 0 Å². The topological polar surface area (TPSA) is 117 Å². The van der Waals surface area contributed by atoms with Gasteiger partial charge in [-0.2, -0.15) is 0 Å². The minimum Gasteiger partial charge on any atom is -0.480 e. The van der Waals surface area contributed by atoms with Crippen molar-refractivity contribution in [2.24, 2.45) is 5.10 Å². The zero-order chi connectivity index (χ0) is 10.6. The maximum Gasteiger partial charge on any atom is 0.326 e. The smallest absolute Gasteiger partial charge is 0.326 e. The third kappa shape index (κ3) is 2.88. The Hall–Kier alpha value is -1.86. The molecule has 1 fully saturated rings. The molecule has 1 heterocycles. The van der Waals surface area contributed by atoms with Gasteiger partial charge in [-0.1, -0.05) is 0 Å². The molecule has 8 heteroatoms. The molecule has 0 saturated carbocycles. The molecule has 0 aromatic rings. The third-order valence-corrected chi connectivity index (χ3v) is 1.75. The van der Waals surface area contributed by atoms with Crippen LogP contribution < -0.4 is 10.6 Å². The molecule has 1 aliphatic heterocycles. The van der Waals surface area contributed by atoms with E-state index in [1.165, 1.54) is 0 Å². The van der Waals surface area contributed by atoms with Gasteiger partial charge in [0.15, 0.2) is 5.03 Å². The fourth-order valence-electron chi connectivity index (χ4n) is 1.13. The molecule has 8 nitrogen and oxygen atoms in total. The van der Waals surface area contributed by atoms with Crippen molar-refractivity contribution in [3.63, 3.8) is 0 Å². The molecule has 0 aromatic heterocycles. The highest BCUT2D eigenvalue weighted by atomic mass is 16.7. The van der Waals surface area contributed by atoms with Crippen LogP contribution in [0.15, 0.2) is 5.10 Å². The molecule has 3 N–H and O–H groups in total. The lowest BCUT2D eigenvalue weighted by molar-refractivity contribution is -0.485. The predicted molar refractivity (Wildman–Crippen MR) is 46.2 cm³/mol. The van der Waals surface area contributed by atoms with Crippen molar-refractivity contribution in [2.45, 2.75) is 18.9 Å². The van der Waals surface area contributed by atoms with Gasteiger partial charge in [-0.25, -0.2) is 14.9 Å². The van der Waals surface area contributed by atoms with Gasteiger partial charge < -0.3 is 15.7 Å². The van der Waals surface area contributed by atoms with Crippen LogP contribution in [0.4, 0.5) is 0 Å². The second kappa shape index (κ2) is 4.40. The Bertz CT molecular complexity index is 277. The van der Waals surface area contributed by atoms with E-state index in [1.54, 1.807) is 0 Å². The van der Waals surface area contributed by atoms with Gasteiger partial charge in [0.2, 0.25) is 0 Å². The van der Waals surface area contributed by atoms with Crippen molar-refractivity contribution in [2.75, 3.05) is 6.54 Å². The highest BCUT2D eigenvalue weighted by Gasteiger charge is 2.22. The Kier molecular flexibility index (Phi) is 3.21. The van der Waals surface area contributed by atoms with Gasteiger partial charge in [-0.15, -0.1) is 0 Å². The number of hydrogen-bond acceptors (Lipinski definition) is 3. The second-order valence-electron chi connectivity index (χ2n) is 2.79. The average Bonchev–Trinajstić information content (AvgIpc) is 2.28. The molecule has 14 heavy (non-hydrogen) atoms. The molecular formula is C6H10N4O4. The van der Waals surface area contributed by atoms with Gasteiger partial charge in [0.05, 0.1) is 0 Å². The van der Waals surface area contributed by atoms with Crippen molar-refractivity contribution < 1.29 is 14.9 Å². The summed E-state index contributed by atoms with van der Waals surface area (Å²) in [5, 5.41) is 25.9. The first-order valence-electron chi connectivity index (χ1n) is 4.06. The molecule has 0 amide bonds. The lowest BCUT2D eigenvalue weighted by atomic mass is 10.2. The van der Waals surface area contributed by atoms with Crippen LogP contribution in [-0.2, 0) is 4.79 Å². The third-order valence-electron chi connectivity index (χ3n) is 1.75. The van der Waals surface area contributed by atoms with Gasteiger partial charge in [0.25, 0.3) is 5.96 Å². The summed E-state index contributed by atoms with van der Waals surface area (Å²) in [6.07, 6.45) is 1.04.